The lowest BCUT2D eigenvalue weighted by molar-refractivity contribution is -0.117. The number of carbonyl (C=O) groups excluding carboxylic acids is 1. The molecule has 4 heterocycles. The summed E-state index contributed by atoms with van der Waals surface area (Å²) in [5, 5.41) is 15.9. The molecule has 2 aliphatic rings. The third-order valence-electron chi connectivity index (χ3n) is 7.21. The first-order valence-electron chi connectivity index (χ1n) is 12.0. The van der Waals surface area contributed by atoms with Crippen molar-refractivity contribution in [1.29, 1.82) is 0 Å². The third kappa shape index (κ3) is 4.01. The van der Waals surface area contributed by atoms with Crippen LogP contribution in [0.1, 0.15) is 12.0 Å². The second-order valence-corrected chi connectivity index (χ2v) is 10.1. The Morgan fingerprint density at radius 2 is 2.00 bits per heavy atom. The van der Waals surface area contributed by atoms with Gasteiger partial charge in [0.2, 0.25) is 5.91 Å². The summed E-state index contributed by atoms with van der Waals surface area (Å²) >= 11 is 6.71. The van der Waals surface area contributed by atoms with E-state index in [0.717, 1.165) is 51.8 Å². The molecule has 0 saturated heterocycles. The fraction of sp³-hybridized carbons (Fsp3) is 0.296. The van der Waals surface area contributed by atoms with Crippen LogP contribution in [0, 0.1) is 24.7 Å². The van der Waals surface area contributed by atoms with Crippen LogP contribution >= 0.6 is 11.6 Å². The smallest absolute Gasteiger partial charge is 0.228 e. The number of benzene rings is 1. The lowest BCUT2D eigenvalue weighted by atomic mass is 9.95. The molecule has 3 aromatic heterocycles. The molecule has 1 aliphatic carbocycles. The van der Waals surface area contributed by atoms with E-state index >= 15 is 0 Å². The zero-order valence-corrected chi connectivity index (χ0v) is 21.1. The molecule has 3 atom stereocenters. The maximum atomic E-state index is 12.9. The number of aromatic nitrogens is 4. The highest BCUT2D eigenvalue weighted by atomic mass is 35.5. The summed E-state index contributed by atoms with van der Waals surface area (Å²) in [6.07, 6.45) is 8.15. The molecule has 1 N–H and O–H groups in total. The van der Waals surface area contributed by atoms with Crippen LogP contribution in [0.2, 0.25) is 5.02 Å². The molecule has 1 saturated carbocycles. The van der Waals surface area contributed by atoms with Gasteiger partial charge >= 0.3 is 0 Å². The minimum atomic E-state index is -0.000125. The van der Waals surface area contributed by atoms with Gasteiger partial charge in [-0.15, -0.1) is 0 Å². The Morgan fingerprint density at radius 1 is 1.14 bits per heavy atom. The van der Waals surface area contributed by atoms with Crippen molar-refractivity contribution in [1.82, 2.24) is 24.8 Å². The van der Waals surface area contributed by atoms with E-state index in [1.807, 2.05) is 60.5 Å². The van der Waals surface area contributed by atoms with Crippen LogP contribution in [0.4, 0.5) is 5.82 Å². The molecule has 1 fully saturated rings. The second kappa shape index (κ2) is 8.71. The van der Waals surface area contributed by atoms with Gasteiger partial charge < -0.3 is 5.32 Å². The maximum Gasteiger partial charge on any atom is 0.228 e. The molecule has 9 heteroatoms. The molecule has 36 heavy (non-hydrogen) atoms. The SMILES string of the molecule is Cc1ccnc(-c2ccnn2C)c1-c1cc(Cl)c2cnc(NC(=O)[C@H]3C[C@@H]3C3C=NN(C)C3)cc2c1. The normalized spacial score (nSPS) is 20.8. The zero-order valence-electron chi connectivity index (χ0n) is 20.3. The summed E-state index contributed by atoms with van der Waals surface area (Å²) in [6, 6.07) is 9.85. The summed E-state index contributed by atoms with van der Waals surface area (Å²) in [5.74, 6) is 1.23. The Kier molecular flexibility index (Phi) is 5.48. The summed E-state index contributed by atoms with van der Waals surface area (Å²) < 4.78 is 1.81. The van der Waals surface area contributed by atoms with Gasteiger partial charge in [0, 0.05) is 68.2 Å². The zero-order chi connectivity index (χ0) is 25.0. The van der Waals surface area contributed by atoms with Gasteiger partial charge in [0.25, 0.3) is 0 Å². The summed E-state index contributed by atoms with van der Waals surface area (Å²) in [7, 11) is 3.86. The van der Waals surface area contributed by atoms with Crippen molar-refractivity contribution in [3.05, 3.63) is 59.5 Å². The molecular formula is C27H26ClN7O. The van der Waals surface area contributed by atoms with E-state index in [4.69, 9.17) is 11.6 Å². The van der Waals surface area contributed by atoms with Crippen molar-refractivity contribution in [3.63, 3.8) is 0 Å². The summed E-state index contributed by atoms with van der Waals surface area (Å²) in [6.45, 7) is 2.94. The molecule has 6 rings (SSSR count). The number of carbonyl (C=O) groups is 1. The largest absolute Gasteiger partial charge is 0.310 e. The molecule has 8 nitrogen and oxygen atoms in total. The third-order valence-corrected chi connectivity index (χ3v) is 7.52. The fourth-order valence-corrected chi connectivity index (χ4v) is 5.48. The van der Waals surface area contributed by atoms with E-state index in [1.54, 1.807) is 12.4 Å². The van der Waals surface area contributed by atoms with Crippen molar-refractivity contribution in [2.24, 2.45) is 29.9 Å². The molecule has 182 valence electrons. The van der Waals surface area contributed by atoms with E-state index in [9.17, 15) is 4.79 Å². The fourth-order valence-electron chi connectivity index (χ4n) is 5.20. The van der Waals surface area contributed by atoms with E-state index in [0.29, 0.717) is 22.7 Å². The van der Waals surface area contributed by atoms with E-state index < -0.39 is 0 Å². The number of rotatable bonds is 5. The average molecular weight is 500 g/mol. The quantitative estimate of drug-likeness (QED) is 0.427. The number of fused-ring (bicyclic) bond motifs is 1. The molecule has 1 aliphatic heterocycles. The molecule has 0 radical (unpaired) electrons. The number of halogens is 1. The number of aryl methyl sites for hydroxylation is 2. The number of hydrogen-bond acceptors (Lipinski definition) is 6. The molecular weight excluding hydrogens is 474 g/mol. The topological polar surface area (TPSA) is 88.3 Å². The van der Waals surface area contributed by atoms with Gasteiger partial charge in [0.05, 0.1) is 16.4 Å². The van der Waals surface area contributed by atoms with Gasteiger partial charge in [0.15, 0.2) is 0 Å². The first kappa shape index (κ1) is 22.7. The van der Waals surface area contributed by atoms with Gasteiger partial charge in [-0.1, -0.05) is 11.6 Å². The van der Waals surface area contributed by atoms with E-state index in [1.165, 1.54) is 0 Å². The van der Waals surface area contributed by atoms with Crippen LogP contribution in [0.15, 0.2) is 54.0 Å². The first-order valence-corrected chi connectivity index (χ1v) is 12.4. The van der Waals surface area contributed by atoms with Crippen LogP contribution in [-0.2, 0) is 11.8 Å². The van der Waals surface area contributed by atoms with Gasteiger partial charge in [-0.25, -0.2) is 4.98 Å². The van der Waals surface area contributed by atoms with Crippen molar-refractivity contribution in [2.45, 2.75) is 13.3 Å². The molecule has 1 unspecified atom stereocenters. The Morgan fingerprint density at radius 3 is 2.75 bits per heavy atom. The van der Waals surface area contributed by atoms with Gasteiger partial charge in [0.1, 0.15) is 5.82 Å². The number of hydrogen-bond donors (Lipinski definition) is 1. The molecule has 4 aromatic rings. The standard InChI is InChI=1S/C27H26ClN7O/c1-15-4-6-29-26(23-5-7-31-35(23)3)25(15)17-8-16-10-24(30-13-21(16)22(28)9-17)33-27(36)20-11-19(20)18-12-32-34(2)14-18/h4-10,12-13,18-20H,11,14H2,1-3H3,(H,30,33,36)/t18?,19-,20+/m1/s1. The lowest BCUT2D eigenvalue weighted by Crippen LogP contribution is -2.20. The van der Waals surface area contributed by atoms with Crippen molar-refractivity contribution >= 4 is 40.3 Å². The summed E-state index contributed by atoms with van der Waals surface area (Å²) in [5.41, 5.74) is 4.79. The average Bonchev–Trinajstić information content (AvgIpc) is 3.36. The van der Waals surface area contributed by atoms with Crippen LogP contribution in [0.25, 0.3) is 33.3 Å². The predicted octanol–water partition coefficient (Wildman–Crippen LogP) is 4.78. The van der Waals surface area contributed by atoms with E-state index in [2.05, 4.69) is 38.5 Å². The Balaban J connectivity index is 1.31. The number of nitrogens with zero attached hydrogens (tertiary/aromatic N) is 6. The summed E-state index contributed by atoms with van der Waals surface area (Å²) in [4.78, 5) is 22.1. The van der Waals surface area contributed by atoms with Crippen molar-refractivity contribution < 1.29 is 4.79 Å². The van der Waals surface area contributed by atoms with Gasteiger partial charge in [-0.3, -0.25) is 19.5 Å². The van der Waals surface area contributed by atoms with Crippen LogP contribution in [-0.4, -0.2) is 50.5 Å². The maximum absolute atomic E-state index is 12.9. The molecule has 1 aromatic carbocycles. The second-order valence-electron chi connectivity index (χ2n) is 9.70. The van der Waals surface area contributed by atoms with Crippen LogP contribution < -0.4 is 5.32 Å². The number of hydrazone groups is 1. The first-order chi connectivity index (χ1) is 17.4. The van der Waals surface area contributed by atoms with Crippen molar-refractivity contribution in [3.8, 4) is 22.5 Å². The molecule has 0 bridgehead atoms. The van der Waals surface area contributed by atoms with E-state index in [-0.39, 0.29) is 11.8 Å². The highest BCUT2D eigenvalue weighted by molar-refractivity contribution is 6.36. The number of amides is 1. The minimum absolute atomic E-state index is 0.000125. The van der Waals surface area contributed by atoms with Crippen LogP contribution in [0.5, 0.6) is 0 Å². The molecule has 0 spiro atoms. The van der Waals surface area contributed by atoms with Crippen molar-refractivity contribution in [2.75, 3.05) is 18.9 Å². The Bertz CT molecular complexity index is 1530. The molecule has 1 amide bonds. The Labute approximate surface area is 214 Å². The minimum Gasteiger partial charge on any atom is -0.310 e. The van der Waals surface area contributed by atoms with Gasteiger partial charge in [-0.05, 0) is 66.1 Å². The number of pyridine rings is 2. The Hall–Kier alpha value is -3.78. The van der Waals surface area contributed by atoms with Crippen LogP contribution in [0.3, 0.4) is 0 Å². The number of nitrogens with one attached hydrogen (secondary N) is 1. The monoisotopic (exact) mass is 499 g/mol. The lowest BCUT2D eigenvalue weighted by Gasteiger charge is -2.14. The highest BCUT2D eigenvalue weighted by Gasteiger charge is 2.48. The number of anilines is 1. The highest BCUT2D eigenvalue weighted by Crippen LogP contribution is 2.45. The van der Waals surface area contributed by atoms with Gasteiger partial charge in [-0.2, -0.15) is 10.2 Å². The predicted molar refractivity (Wildman–Crippen MR) is 142 cm³/mol.